The van der Waals surface area contributed by atoms with Gasteiger partial charge in [0.15, 0.2) is 0 Å². The van der Waals surface area contributed by atoms with Crippen molar-refractivity contribution in [3.63, 3.8) is 0 Å². The largest absolute Gasteiger partial charge is 0.508 e. The van der Waals surface area contributed by atoms with E-state index in [1.165, 1.54) is 11.3 Å². The Hall–Kier alpha value is -2.73. The van der Waals surface area contributed by atoms with Crippen LogP contribution in [0.4, 0.5) is 10.5 Å². The molecule has 152 valence electrons. The molecule has 3 heterocycles. The monoisotopic (exact) mass is 393 g/mol. The molecule has 0 unspecified atom stereocenters. The number of benzene rings is 2. The number of likely N-dealkylation sites (tertiary alicyclic amines) is 1. The van der Waals surface area contributed by atoms with Crippen LogP contribution >= 0.6 is 0 Å². The van der Waals surface area contributed by atoms with E-state index in [0.717, 1.165) is 30.5 Å². The van der Waals surface area contributed by atoms with Crippen LogP contribution in [0.3, 0.4) is 0 Å². The van der Waals surface area contributed by atoms with Crippen molar-refractivity contribution < 1.29 is 14.6 Å². The number of carbonyl (C=O) groups excluding carboxylic acids is 1. The van der Waals surface area contributed by atoms with Crippen LogP contribution in [0.5, 0.6) is 11.5 Å². The van der Waals surface area contributed by atoms with Crippen LogP contribution in [0.1, 0.15) is 30.0 Å². The lowest BCUT2D eigenvalue weighted by Crippen LogP contribution is -2.45. The molecule has 1 fully saturated rings. The van der Waals surface area contributed by atoms with E-state index >= 15 is 0 Å². The second kappa shape index (κ2) is 6.39. The van der Waals surface area contributed by atoms with E-state index in [4.69, 9.17) is 4.74 Å². The van der Waals surface area contributed by atoms with Crippen molar-refractivity contribution >= 4 is 11.8 Å². The number of hydrogen-bond acceptors (Lipinski definition) is 5. The number of rotatable bonds is 1. The fourth-order valence-electron chi connectivity index (χ4n) is 5.48. The Kier molecular flexibility index (Phi) is 4.03. The van der Waals surface area contributed by atoms with Crippen LogP contribution < -0.4 is 9.64 Å². The third-order valence-corrected chi connectivity index (χ3v) is 6.97. The topological polar surface area (TPSA) is 56.3 Å². The Bertz CT molecular complexity index is 991. The summed E-state index contributed by atoms with van der Waals surface area (Å²) in [4.78, 5) is 19.3. The molecule has 3 aliphatic heterocycles. The van der Waals surface area contributed by atoms with Gasteiger partial charge >= 0.3 is 6.09 Å². The predicted octanol–water partition coefficient (Wildman–Crippen LogP) is 3.32. The van der Waals surface area contributed by atoms with Gasteiger partial charge in [-0.15, -0.1) is 0 Å². The Morgan fingerprint density at radius 2 is 1.97 bits per heavy atom. The molecule has 2 aromatic rings. The second-order valence-electron chi connectivity index (χ2n) is 8.80. The van der Waals surface area contributed by atoms with Crippen molar-refractivity contribution in [2.24, 2.45) is 0 Å². The second-order valence-corrected chi connectivity index (χ2v) is 8.80. The summed E-state index contributed by atoms with van der Waals surface area (Å²) < 4.78 is 5.78. The minimum Gasteiger partial charge on any atom is -0.508 e. The number of anilines is 1. The van der Waals surface area contributed by atoms with Crippen LogP contribution in [-0.4, -0.2) is 54.4 Å². The molecule has 1 amide bonds. The lowest BCUT2D eigenvalue weighted by molar-refractivity contribution is 0.147. The fraction of sp³-hybridized carbons (Fsp3) is 0.435. The first kappa shape index (κ1) is 18.3. The quantitative estimate of drug-likeness (QED) is 0.806. The molecule has 29 heavy (non-hydrogen) atoms. The van der Waals surface area contributed by atoms with E-state index < -0.39 is 0 Å². The minimum absolute atomic E-state index is 0.0489. The molecular weight excluding hydrogens is 366 g/mol. The van der Waals surface area contributed by atoms with Gasteiger partial charge in [-0.1, -0.05) is 13.0 Å². The Balaban J connectivity index is 1.35. The van der Waals surface area contributed by atoms with E-state index in [1.54, 1.807) is 17.0 Å². The summed E-state index contributed by atoms with van der Waals surface area (Å²) in [5, 5.41) is 9.64. The molecule has 0 radical (unpaired) electrons. The molecule has 0 aliphatic carbocycles. The number of phenolic OH excluding ortho intramolecular Hbond substituents is 1. The normalized spacial score (nSPS) is 25.6. The predicted molar refractivity (Wildman–Crippen MR) is 111 cm³/mol. The Labute approximate surface area is 171 Å². The first-order chi connectivity index (χ1) is 13.9. The van der Waals surface area contributed by atoms with Gasteiger partial charge in [-0.3, -0.25) is 4.90 Å². The maximum absolute atomic E-state index is 12.8. The molecule has 6 nitrogen and oxygen atoms in total. The number of likely N-dealkylation sites (N-methyl/N-ethyl adjacent to an activating group) is 2. The highest BCUT2D eigenvalue weighted by atomic mass is 16.6. The van der Waals surface area contributed by atoms with E-state index in [2.05, 4.69) is 43.0 Å². The maximum atomic E-state index is 12.8. The molecule has 5 rings (SSSR count). The number of carbonyl (C=O) groups is 1. The number of phenols is 1. The fourth-order valence-corrected chi connectivity index (χ4v) is 5.48. The standard InChI is InChI=1S/C23H27N3O3/c1-23-9-11-24(2)21(23)25(3)20-7-6-18(13-19(20)23)29-22(28)26-10-8-15-12-17(27)5-4-16(15)14-26/h4-7,12-13,21,27H,8-11,14H2,1-3H3/t21-,23+/m1/s1. The molecule has 0 saturated carbocycles. The van der Waals surface area contributed by atoms with Crippen molar-refractivity contribution in [2.45, 2.75) is 37.9 Å². The smallest absolute Gasteiger partial charge is 0.415 e. The summed E-state index contributed by atoms with van der Waals surface area (Å²) in [6, 6.07) is 11.4. The highest BCUT2D eigenvalue weighted by molar-refractivity contribution is 5.73. The third-order valence-electron chi connectivity index (χ3n) is 6.97. The molecular formula is C23H27N3O3. The summed E-state index contributed by atoms with van der Waals surface area (Å²) in [5.41, 5.74) is 4.69. The minimum atomic E-state index is -0.319. The van der Waals surface area contributed by atoms with Crippen molar-refractivity contribution in [3.05, 3.63) is 53.1 Å². The Morgan fingerprint density at radius 3 is 2.79 bits per heavy atom. The number of nitrogens with zero attached hydrogens (tertiary/aromatic N) is 3. The van der Waals surface area contributed by atoms with Gasteiger partial charge in [0.2, 0.25) is 0 Å². The van der Waals surface area contributed by atoms with E-state index in [9.17, 15) is 9.90 Å². The zero-order valence-electron chi connectivity index (χ0n) is 17.2. The van der Waals surface area contributed by atoms with E-state index in [1.807, 2.05) is 12.1 Å². The summed E-state index contributed by atoms with van der Waals surface area (Å²) in [5.74, 6) is 0.877. The third kappa shape index (κ3) is 2.77. The van der Waals surface area contributed by atoms with Gasteiger partial charge in [0.25, 0.3) is 0 Å². The SMILES string of the molecule is CN1CC[C@@]2(C)c3cc(OC(=O)N4CCc5cc(O)ccc5C4)ccc3N(C)[C@@H]12. The first-order valence-corrected chi connectivity index (χ1v) is 10.2. The molecule has 1 N–H and O–H groups in total. The van der Waals surface area contributed by atoms with Crippen LogP contribution in [0.25, 0.3) is 0 Å². The molecule has 0 spiro atoms. The number of ether oxygens (including phenoxy) is 1. The average Bonchev–Trinajstić information content (AvgIpc) is 3.13. The van der Waals surface area contributed by atoms with Crippen LogP contribution in [0.15, 0.2) is 36.4 Å². The first-order valence-electron chi connectivity index (χ1n) is 10.2. The number of fused-ring (bicyclic) bond motifs is 4. The van der Waals surface area contributed by atoms with Crippen molar-refractivity contribution in [3.8, 4) is 11.5 Å². The van der Waals surface area contributed by atoms with Crippen molar-refractivity contribution in [1.29, 1.82) is 0 Å². The average molecular weight is 393 g/mol. The molecule has 2 atom stereocenters. The summed E-state index contributed by atoms with van der Waals surface area (Å²) >= 11 is 0. The van der Waals surface area contributed by atoms with Crippen LogP contribution in [-0.2, 0) is 18.4 Å². The highest BCUT2D eigenvalue weighted by Crippen LogP contribution is 2.51. The van der Waals surface area contributed by atoms with Crippen LogP contribution in [0.2, 0.25) is 0 Å². The highest BCUT2D eigenvalue weighted by Gasteiger charge is 2.52. The van der Waals surface area contributed by atoms with Gasteiger partial charge in [-0.2, -0.15) is 0 Å². The number of hydrogen-bond donors (Lipinski definition) is 1. The lowest BCUT2D eigenvalue weighted by Gasteiger charge is -2.32. The Morgan fingerprint density at radius 1 is 1.14 bits per heavy atom. The van der Waals surface area contributed by atoms with Gasteiger partial charge in [0.05, 0.1) is 6.17 Å². The lowest BCUT2D eigenvalue weighted by atomic mass is 9.81. The molecule has 2 aromatic carbocycles. The maximum Gasteiger partial charge on any atom is 0.415 e. The van der Waals surface area contributed by atoms with Crippen molar-refractivity contribution in [1.82, 2.24) is 9.80 Å². The van der Waals surface area contributed by atoms with E-state index in [-0.39, 0.29) is 17.3 Å². The summed E-state index contributed by atoms with van der Waals surface area (Å²) in [7, 11) is 4.32. The molecule has 3 aliphatic rings. The zero-order chi connectivity index (χ0) is 20.3. The van der Waals surface area contributed by atoms with Gasteiger partial charge in [-0.05, 0) is 66.9 Å². The molecule has 1 saturated heterocycles. The van der Waals surface area contributed by atoms with Gasteiger partial charge in [0, 0.05) is 37.8 Å². The number of aromatic hydroxyl groups is 1. The van der Waals surface area contributed by atoms with Crippen molar-refractivity contribution in [2.75, 3.05) is 32.1 Å². The van der Waals surface area contributed by atoms with Gasteiger partial charge < -0.3 is 19.6 Å². The van der Waals surface area contributed by atoms with Gasteiger partial charge in [0.1, 0.15) is 11.5 Å². The zero-order valence-corrected chi connectivity index (χ0v) is 17.2. The van der Waals surface area contributed by atoms with Gasteiger partial charge in [-0.25, -0.2) is 4.79 Å². The summed E-state index contributed by atoms with van der Waals surface area (Å²) in [6.07, 6.45) is 1.84. The molecule has 6 heteroatoms. The van der Waals surface area contributed by atoms with E-state index in [0.29, 0.717) is 25.0 Å². The summed E-state index contributed by atoms with van der Waals surface area (Å²) in [6.45, 7) is 4.48. The number of amides is 1. The molecule has 0 aromatic heterocycles. The molecule has 0 bridgehead atoms. The van der Waals surface area contributed by atoms with Crippen LogP contribution in [0, 0.1) is 0 Å².